The van der Waals surface area contributed by atoms with Crippen molar-refractivity contribution in [1.29, 1.82) is 0 Å². The first kappa shape index (κ1) is 16.4. The number of nitrogens with zero attached hydrogens (tertiary/aromatic N) is 1. The maximum atomic E-state index is 12.2. The molecule has 1 unspecified atom stereocenters. The first-order chi connectivity index (χ1) is 9.84. The second-order valence-corrected chi connectivity index (χ2v) is 7.79. The summed E-state index contributed by atoms with van der Waals surface area (Å²) in [5.74, 6) is -0.0551. The van der Waals surface area contributed by atoms with Gasteiger partial charge in [-0.1, -0.05) is 23.2 Å². The fraction of sp³-hybridized carbons (Fsp3) is 0.462. The maximum absolute atomic E-state index is 12.2. The van der Waals surface area contributed by atoms with Crippen LogP contribution in [0.2, 0.25) is 10.0 Å². The molecule has 0 aromatic heterocycles. The molecule has 0 bridgehead atoms. The lowest BCUT2D eigenvalue weighted by atomic mass is 10.2. The van der Waals surface area contributed by atoms with Crippen LogP contribution < -0.4 is 4.90 Å². The smallest absolute Gasteiger partial charge is 0.414 e. The number of hydrogen-bond acceptors (Lipinski definition) is 4. The van der Waals surface area contributed by atoms with E-state index in [0.29, 0.717) is 22.2 Å². The normalized spacial score (nSPS) is 20.2. The van der Waals surface area contributed by atoms with Gasteiger partial charge in [-0.05, 0) is 31.5 Å². The number of benzene rings is 1. The van der Waals surface area contributed by atoms with E-state index < -0.39 is 22.0 Å². The van der Waals surface area contributed by atoms with Crippen LogP contribution in [0.4, 0.5) is 10.5 Å². The van der Waals surface area contributed by atoms with Gasteiger partial charge in [-0.15, -0.1) is 0 Å². The Hall–Kier alpha value is -0.980. The number of amides is 1. The molecule has 1 atom stereocenters. The van der Waals surface area contributed by atoms with Crippen LogP contribution in [-0.4, -0.2) is 38.7 Å². The predicted octanol–water partition coefficient (Wildman–Crippen LogP) is 3.14. The van der Waals surface area contributed by atoms with E-state index in [1.807, 2.05) is 0 Å². The molecule has 1 heterocycles. The topological polar surface area (TPSA) is 63.7 Å². The molecule has 8 heteroatoms. The summed E-state index contributed by atoms with van der Waals surface area (Å²) in [6, 6.07) is 4.20. The van der Waals surface area contributed by atoms with Crippen molar-refractivity contribution in [2.24, 2.45) is 0 Å². The van der Waals surface area contributed by atoms with Gasteiger partial charge in [-0.25, -0.2) is 13.2 Å². The highest BCUT2D eigenvalue weighted by molar-refractivity contribution is 7.91. The van der Waals surface area contributed by atoms with Crippen molar-refractivity contribution in [1.82, 2.24) is 0 Å². The van der Waals surface area contributed by atoms with Crippen molar-refractivity contribution in [3.63, 3.8) is 0 Å². The minimum Gasteiger partial charge on any atom is -0.449 e. The molecule has 0 spiro atoms. The first-order valence-corrected chi connectivity index (χ1v) is 9.03. The molecule has 0 aliphatic carbocycles. The number of carbonyl (C=O) groups excluding carboxylic acids is 1. The van der Waals surface area contributed by atoms with E-state index in [4.69, 9.17) is 27.9 Å². The van der Waals surface area contributed by atoms with E-state index in [1.54, 1.807) is 19.1 Å². The SMILES string of the molecule is CCOC(=O)N(c1cc(Cl)ccc1Cl)C1CCS(=O)(=O)C1. The third-order valence-corrected chi connectivity index (χ3v) is 5.51. The molecule has 21 heavy (non-hydrogen) atoms. The molecule has 5 nitrogen and oxygen atoms in total. The molecule has 0 radical (unpaired) electrons. The fourth-order valence-corrected chi connectivity index (χ4v) is 4.36. The third-order valence-electron chi connectivity index (χ3n) is 3.21. The van der Waals surface area contributed by atoms with Gasteiger partial charge in [-0.3, -0.25) is 4.90 Å². The Morgan fingerprint density at radius 1 is 1.43 bits per heavy atom. The van der Waals surface area contributed by atoms with E-state index in [1.165, 1.54) is 11.0 Å². The van der Waals surface area contributed by atoms with Gasteiger partial charge in [-0.2, -0.15) is 0 Å². The standard InChI is InChI=1S/C13H15Cl2NO4S/c1-2-20-13(17)16(10-5-6-21(18,19)8-10)12-7-9(14)3-4-11(12)15/h3-4,7,10H,2,5-6,8H2,1H3. The third kappa shape index (κ3) is 3.81. The minimum absolute atomic E-state index is 0.0474. The fourth-order valence-electron chi connectivity index (χ4n) is 2.29. The highest BCUT2D eigenvalue weighted by Crippen LogP contribution is 2.33. The number of rotatable bonds is 3. The van der Waals surface area contributed by atoms with Crippen molar-refractivity contribution in [2.45, 2.75) is 19.4 Å². The number of halogens is 2. The predicted molar refractivity (Wildman–Crippen MR) is 83.0 cm³/mol. The molecule has 1 aliphatic heterocycles. The van der Waals surface area contributed by atoms with Crippen molar-refractivity contribution in [3.8, 4) is 0 Å². The quantitative estimate of drug-likeness (QED) is 0.838. The molecule has 116 valence electrons. The molecule has 1 fully saturated rings. The number of sulfone groups is 1. The summed E-state index contributed by atoms with van der Waals surface area (Å²) < 4.78 is 28.4. The van der Waals surface area contributed by atoms with Gasteiger partial charge in [0.05, 0.1) is 34.9 Å². The molecule has 1 aromatic rings. The Morgan fingerprint density at radius 2 is 2.14 bits per heavy atom. The number of carbonyl (C=O) groups is 1. The molecule has 1 amide bonds. The summed E-state index contributed by atoms with van der Waals surface area (Å²) >= 11 is 12.1. The summed E-state index contributed by atoms with van der Waals surface area (Å²) in [5.41, 5.74) is 0.365. The minimum atomic E-state index is -3.15. The molecular weight excluding hydrogens is 337 g/mol. The summed E-state index contributed by atoms with van der Waals surface area (Å²) in [5, 5.41) is 0.723. The van der Waals surface area contributed by atoms with Crippen LogP contribution in [0.25, 0.3) is 0 Å². The van der Waals surface area contributed by atoms with Gasteiger partial charge < -0.3 is 4.74 Å². The average Bonchev–Trinajstić information content (AvgIpc) is 2.74. The Bertz CT molecular complexity index is 648. The van der Waals surface area contributed by atoms with Crippen molar-refractivity contribution < 1.29 is 17.9 Å². The van der Waals surface area contributed by atoms with E-state index in [9.17, 15) is 13.2 Å². The van der Waals surface area contributed by atoms with Crippen LogP contribution in [0.1, 0.15) is 13.3 Å². The molecule has 1 aliphatic rings. The number of hydrogen-bond donors (Lipinski definition) is 0. The van der Waals surface area contributed by atoms with E-state index in [-0.39, 0.29) is 18.1 Å². The van der Waals surface area contributed by atoms with E-state index in [2.05, 4.69) is 0 Å². The largest absolute Gasteiger partial charge is 0.449 e. The molecule has 0 saturated carbocycles. The van der Waals surface area contributed by atoms with Gasteiger partial charge in [0.1, 0.15) is 0 Å². The van der Waals surface area contributed by atoms with Gasteiger partial charge in [0, 0.05) is 5.02 Å². The molecular formula is C13H15Cl2NO4S. The Morgan fingerprint density at radius 3 is 2.71 bits per heavy atom. The van der Waals surface area contributed by atoms with Gasteiger partial charge in [0.25, 0.3) is 0 Å². The van der Waals surface area contributed by atoms with Crippen LogP contribution >= 0.6 is 23.2 Å². The van der Waals surface area contributed by atoms with Gasteiger partial charge in [0.2, 0.25) is 0 Å². The summed E-state index contributed by atoms with van der Waals surface area (Å²) in [7, 11) is -3.15. The number of anilines is 1. The zero-order valence-corrected chi connectivity index (χ0v) is 13.7. The zero-order chi connectivity index (χ0) is 15.6. The Labute approximate surface area is 133 Å². The highest BCUT2D eigenvalue weighted by atomic mass is 35.5. The van der Waals surface area contributed by atoms with Crippen LogP contribution in [0.5, 0.6) is 0 Å². The Kier molecular flexibility index (Phi) is 5.01. The van der Waals surface area contributed by atoms with E-state index >= 15 is 0 Å². The first-order valence-electron chi connectivity index (χ1n) is 6.45. The molecule has 1 saturated heterocycles. The Balaban J connectivity index is 2.41. The van der Waals surface area contributed by atoms with Crippen LogP contribution in [0, 0.1) is 0 Å². The molecule has 2 rings (SSSR count). The van der Waals surface area contributed by atoms with Crippen LogP contribution in [-0.2, 0) is 14.6 Å². The molecule has 1 aromatic carbocycles. The zero-order valence-electron chi connectivity index (χ0n) is 11.4. The average molecular weight is 352 g/mol. The lowest BCUT2D eigenvalue weighted by Gasteiger charge is -2.28. The van der Waals surface area contributed by atoms with Crippen molar-refractivity contribution in [3.05, 3.63) is 28.2 Å². The van der Waals surface area contributed by atoms with E-state index in [0.717, 1.165) is 0 Å². The summed E-state index contributed by atoms with van der Waals surface area (Å²) in [6.45, 7) is 1.87. The van der Waals surface area contributed by atoms with Gasteiger partial charge >= 0.3 is 6.09 Å². The van der Waals surface area contributed by atoms with Crippen molar-refractivity contribution in [2.75, 3.05) is 23.0 Å². The second-order valence-electron chi connectivity index (χ2n) is 4.72. The summed E-state index contributed by atoms with van der Waals surface area (Å²) in [4.78, 5) is 13.5. The lowest BCUT2D eigenvalue weighted by molar-refractivity contribution is 0.157. The highest BCUT2D eigenvalue weighted by Gasteiger charge is 2.37. The monoisotopic (exact) mass is 351 g/mol. The van der Waals surface area contributed by atoms with Crippen LogP contribution in [0.3, 0.4) is 0 Å². The van der Waals surface area contributed by atoms with Crippen LogP contribution in [0.15, 0.2) is 18.2 Å². The molecule has 0 N–H and O–H groups in total. The summed E-state index contributed by atoms with van der Waals surface area (Å²) in [6.07, 6.45) is -0.270. The van der Waals surface area contributed by atoms with Crippen molar-refractivity contribution >= 4 is 44.8 Å². The maximum Gasteiger partial charge on any atom is 0.414 e. The lowest BCUT2D eigenvalue weighted by Crippen LogP contribution is -2.42. The van der Waals surface area contributed by atoms with Gasteiger partial charge in [0.15, 0.2) is 9.84 Å². The number of ether oxygens (including phenoxy) is 1. The second kappa shape index (κ2) is 6.42.